The fraction of sp³-hybridized carbons (Fsp3) is 0.409. The minimum Gasteiger partial charge on any atom is -0.483 e. The third kappa shape index (κ3) is 4.34. The summed E-state index contributed by atoms with van der Waals surface area (Å²) in [4.78, 5) is 39.0. The van der Waals surface area contributed by atoms with Crippen LogP contribution in [-0.2, 0) is 16.0 Å². The minimum absolute atomic E-state index is 0.124. The van der Waals surface area contributed by atoms with Gasteiger partial charge < -0.3 is 19.2 Å². The molecule has 2 aromatic rings. The number of para-hydroxylation sites is 1. The molecule has 0 bridgehead atoms. The number of aryl methyl sites for hydroxylation is 1. The van der Waals surface area contributed by atoms with Gasteiger partial charge in [-0.15, -0.1) is 0 Å². The maximum Gasteiger partial charge on any atom is 0.344 e. The van der Waals surface area contributed by atoms with E-state index < -0.39 is 18.4 Å². The molecular formula is C22H25NO6. The van der Waals surface area contributed by atoms with Crippen molar-refractivity contribution in [2.75, 3.05) is 13.2 Å². The van der Waals surface area contributed by atoms with Gasteiger partial charge in [0.1, 0.15) is 5.60 Å². The molecule has 0 amide bonds. The molecule has 0 saturated carbocycles. The second-order valence-corrected chi connectivity index (χ2v) is 7.84. The zero-order chi connectivity index (χ0) is 21.3. The lowest BCUT2D eigenvalue weighted by molar-refractivity contribution is -0.144. The molecule has 0 saturated heterocycles. The van der Waals surface area contributed by atoms with Crippen LogP contribution in [0.5, 0.6) is 11.5 Å². The highest BCUT2D eigenvalue weighted by Gasteiger charge is 2.32. The molecule has 0 atom stereocenters. The highest BCUT2D eigenvalue weighted by Crippen LogP contribution is 2.41. The van der Waals surface area contributed by atoms with Crippen LogP contribution in [0.3, 0.4) is 0 Å². The molecule has 0 aliphatic carbocycles. The number of aromatic nitrogens is 1. The Morgan fingerprint density at radius 1 is 1.17 bits per heavy atom. The molecular weight excluding hydrogens is 374 g/mol. The Labute approximate surface area is 169 Å². The molecule has 154 valence electrons. The predicted molar refractivity (Wildman–Crippen MR) is 106 cm³/mol. The Morgan fingerprint density at radius 2 is 1.90 bits per heavy atom. The summed E-state index contributed by atoms with van der Waals surface area (Å²) in [5, 5.41) is 0. The van der Waals surface area contributed by atoms with Crippen LogP contribution in [0.15, 0.2) is 18.2 Å². The van der Waals surface area contributed by atoms with Gasteiger partial charge in [0, 0.05) is 23.2 Å². The molecule has 29 heavy (non-hydrogen) atoms. The van der Waals surface area contributed by atoms with Crippen molar-refractivity contribution >= 4 is 17.5 Å². The third-order valence-corrected chi connectivity index (χ3v) is 4.83. The van der Waals surface area contributed by atoms with Crippen LogP contribution in [-0.4, -0.2) is 41.3 Å². The zero-order valence-corrected chi connectivity index (χ0v) is 17.3. The molecule has 1 aliphatic rings. The second-order valence-electron chi connectivity index (χ2n) is 7.84. The molecule has 0 spiro atoms. The number of carbonyl (C=O) groups is 3. The van der Waals surface area contributed by atoms with Crippen LogP contribution in [0.4, 0.5) is 0 Å². The summed E-state index contributed by atoms with van der Waals surface area (Å²) in [6.45, 7) is 8.06. The van der Waals surface area contributed by atoms with Gasteiger partial charge in [0.2, 0.25) is 5.78 Å². The van der Waals surface area contributed by atoms with Crippen molar-refractivity contribution in [3.63, 3.8) is 0 Å². The Kier molecular flexibility index (Phi) is 5.50. The van der Waals surface area contributed by atoms with E-state index in [1.54, 1.807) is 19.9 Å². The van der Waals surface area contributed by atoms with Crippen LogP contribution < -0.4 is 9.47 Å². The van der Waals surface area contributed by atoms with Crippen LogP contribution in [0, 0.1) is 13.8 Å². The lowest BCUT2D eigenvalue weighted by atomic mass is 10.0. The number of esters is 1. The molecule has 1 aromatic heterocycles. The lowest BCUT2D eigenvalue weighted by Crippen LogP contribution is -2.25. The van der Waals surface area contributed by atoms with E-state index in [1.807, 2.05) is 26.0 Å². The Hall–Kier alpha value is -3.09. The SMILES string of the molecule is CC(=O)c1c(C)[nH]c(C(=O)COC(=O)COc2cccc3c2OC(C)(C)C3)c1C. The van der Waals surface area contributed by atoms with E-state index in [0.717, 1.165) is 12.0 Å². The first kappa shape index (κ1) is 20.6. The average molecular weight is 399 g/mol. The fourth-order valence-corrected chi connectivity index (χ4v) is 3.65. The van der Waals surface area contributed by atoms with Gasteiger partial charge in [0.05, 0.1) is 5.69 Å². The summed E-state index contributed by atoms with van der Waals surface area (Å²) < 4.78 is 16.5. The number of benzene rings is 1. The number of hydrogen-bond donors (Lipinski definition) is 1. The highest BCUT2D eigenvalue weighted by molar-refractivity contribution is 6.04. The van der Waals surface area contributed by atoms with Crippen molar-refractivity contribution in [1.82, 2.24) is 4.98 Å². The first-order valence-electron chi connectivity index (χ1n) is 9.41. The van der Waals surface area contributed by atoms with Gasteiger partial charge in [-0.1, -0.05) is 12.1 Å². The number of fused-ring (bicyclic) bond motifs is 1. The van der Waals surface area contributed by atoms with E-state index in [4.69, 9.17) is 14.2 Å². The van der Waals surface area contributed by atoms with Crippen molar-refractivity contribution in [2.24, 2.45) is 0 Å². The molecule has 1 aliphatic heterocycles. The summed E-state index contributed by atoms with van der Waals surface area (Å²) in [6, 6.07) is 5.54. The number of H-pyrrole nitrogens is 1. The van der Waals surface area contributed by atoms with Gasteiger partial charge in [-0.2, -0.15) is 0 Å². The first-order valence-corrected chi connectivity index (χ1v) is 9.41. The Balaban J connectivity index is 1.57. The maximum absolute atomic E-state index is 12.4. The second kappa shape index (κ2) is 7.73. The number of rotatable bonds is 7. The predicted octanol–water partition coefficient (Wildman–Crippen LogP) is 3.35. The van der Waals surface area contributed by atoms with Crippen molar-refractivity contribution in [2.45, 2.75) is 46.6 Å². The largest absolute Gasteiger partial charge is 0.483 e. The Bertz CT molecular complexity index is 985. The summed E-state index contributed by atoms with van der Waals surface area (Å²) in [5.41, 5.74) is 2.65. The van der Waals surface area contributed by atoms with E-state index in [-0.39, 0.29) is 23.7 Å². The molecule has 2 heterocycles. The monoisotopic (exact) mass is 399 g/mol. The molecule has 1 N–H and O–H groups in total. The van der Waals surface area contributed by atoms with Crippen molar-refractivity contribution in [3.05, 3.63) is 46.3 Å². The van der Waals surface area contributed by atoms with Crippen LogP contribution in [0.25, 0.3) is 0 Å². The van der Waals surface area contributed by atoms with E-state index in [9.17, 15) is 14.4 Å². The fourth-order valence-electron chi connectivity index (χ4n) is 3.65. The molecule has 0 unspecified atom stereocenters. The zero-order valence-electron chi connectivity index (χ0n) is 17.3. The lowest BCUT2D eigenvalue weighted by Gasteiger charge is -2.18. The van der Waals surface area contributed by atoms with Crippen LogP contribution in [0.1, 0.15) is 58.4 Å². The summed E-state index contributed by atoms with van der Waals surface area (Å²) in [5.74, 6) is -0.0894. The average Bonchev–Trinajstić information content (AvgIpc) is 3.11. The van der Waals surface area contributed by atoms with E-state index in [0.29, 0.717) is 28.3 Å². The number of nitrogens with one attached hydrogen (secondary N) is 1. The summed E-state index contributed by atoms with van der Waals surface area (Å²) >= 11 is 0. The number of ether oxygens (including phenoxy) is 3. The maximum atomic E-state index is 12.4. The topological polar surface area (TPSA) is 94.7 Å². The minimum atomic E-state index is -0.666. The van der Waals surface area contributed by atoms with E-state index in [2.05, 4.69) is 4.98 Å². The quantitative estimate of drug-likeness (QED) is 0.567. The number of carbonyl (C=O) groups excluding carboxylic acids is 3. The number of hydrogen-bond acceptors (Lipinski definition) is 6. The van der Waals surface area contributed by atoms with E-state index >= 15 is 0 Å². The van der Waals surface area contributed by atoms with Crippen molar-refractivity contribution < 1.29 is 28.6 Å². The number of ketones is 2. The molecule has 0 fully saturated rings. The third-order valence-electron chi connectivity index (χ3n) is 4.83. The van der Waals surface area contributed by atoms with Crippen LogP contribution in [0.2, 0.25) is 0 Å². The molecule has 7 heteroatoms. The molecule has 7 nitrogen and oxygen atoms in total. The van der Waals surface area contributed by atoms with Gasteiger partial charge in [-0.3, -0.25) is 9.59 Å². The van der Waals surface area contributed by atoms with E-state index in [1.165, 1.54) is 6.92 Å². The van der Waals surface area contributed by atoms with Gasteiger partial charge in [-0.05, 0) is 46.2 Å². The summed E-state index contributed by atoms with van der Waals surface area (Å²) in [7, 11) is 0. The highest BCUT2D eigenvalue weighted by atomic mass is 16.6. The van der Waals surface area contributed by atoms with Gasteiger partial charge >= 0.3 is 5.97 Å². The summed E-state index contributed by atoms with van der Waals surface area (Å²) in [6.07, 6.45) is 0.760. The first-order chi connectivity index (χ1) is 13.6. The smallest absolute Gasteiger partial charge is 0.344 e. The van der Waals surface area contributed by atoms with Crippen molar-refractivity contribution in [1.29, 1.82) is 0 Å². The number of Topliss-reactive ketones (excluding diaryl/α,β-unsaturated/α-hetero) is 2. The molecule has 3 rings (SSSR count). The van der Waals surface area contributed by atoms with Gasteiger partial charge in [0.15, 0.2) is 30.5 Å². The normalized spacial score (nSPS) is 14.1. The molecule has 1 aromatic carbocycles. The number of aromatic amines is 1. The molecule has 0 radical (unpaired) electrons. The van der Waals surface area contributed by atoms with Gasteiger partial charge in [0.25, 0.3) is 0 Å². The van der Waals surface area contributed by atoms with Crippen molar-refractivity contribution in [3.8, 4) is 11.5 Å². The van der Waals surface area contributed by atoms with Gasteiger partial charge in [-0.25, -0.2) is 4.79 Å². The standard InChI is InChI=1S/C22H25NO6/c1-12-19(14(3)24)13(2)23-20(12)16(25)10-28-18(26)11-27-17-8-6-7-15-9-22(4,5)29-21(15)17/h6-8,23H,9-11H2,1-5H3. The van der Waals surface area contributed by atoms with Crippen LogP contribution >= 0.6 is 0 Å². The Morgan fingerprint density at radius 3 is 2.55 bits per heavy atom.